The summed E-state index contributed by atoms with van der Waals surface area (Å²) in [5.74, 6) is 0.800. The van der Waals surface area contributed by atoms with Crippen LogP contribution in [-0.4, -0.2) is 94.1 Å². The third-order valence-corrected chi connectivity index (χ3v) is 11.5. The van der Waals surface area contributed by atoms with Crippen LogP contribution in [0.3, 0.4) is 0 Å². The van der Waals surface area contributed by atoms with Crippen LogP contribution in [0.15, 0.2) is 11.6 Å². The Morgan fingerprint density at radius 1 is 1.08 bits per heavy atom. The summed E-state index contributed by atoms with van der Waals surface area (Å²) in [5, 5.41) is 52.7. The molecule has 0 spiro atoms. The Labute approximate surface area is 230 Å². The number of aliphatic hydroxyl groups excluding tert-OH is 5. The first-order valence-electron chi connectivity index (χ1n) is 14.2. The molecule has 1 saturated heterocycles. The average Bonchev–Trinajstić information content (AvgIpc) is 3.15. The highest BCUT2D eigenvalue weighted by molar-refractivity contribution is 7.80. The molecule has 0 amide bonds. The van der Waals surface area contributed by atoms with E-state index in [9.17, 15) is 34.0 Å². The topological polar surface area (TPSA) is 183 Å². The van der Waals surface area contributed by atoms with Gasteiger partial charge in [-0.1, -0.05) is 25.5 Å². The molecule has 1 aliphatic heterocycles. The summed E-state index contributed by atoms with van der Waals surface area (Å²) in [6.07, 6.45) is -1.02. The van der Waals surface area contributed by atoms with E-state index in [4.69, 9.17) is 14.0 Å². The first-order chi connectivity index (χ1) is 18.2. The third kappa shape index (κ3) is 5.24. The van der Waals surface area contributed by atoms with Gasteiger partial charge in [0.2, 0.25) is 0 Å². The maximum Gasteiger partial charge on any atom is 0.397 e. The molecule has 11 nitrogen and oxygen atoms in total. The van der Waals surface area contributed by atoms with Gasteiger partial charge in [0.05, 0.1) is 24.9 Å². The van der Waals surface area contributed by atoms with Gasteiger partial charge in [-0.15, -0.1) is 0 Å². The van der Waals surface area contributed by atoms with Crippen molar-refractivity contribution in [3.05, 3.63) is 11.6 Å². The van der Waals surface area contributed by atoms with Crippen LogP contribution in [0, 0.1) is 34.5 Å². The molecular formula is C27H44O11S. The second kappa shape index (κ2) is 10.6. The summed E-state index contributed by atoms with van der Waals surface area (Å²) in [6, 6.07) is 0. The predicted molar refractivity (Wildman–Crippen MR) is 137 cm³/mol. The zero-order chi connectivity index (χ0) is 28.5. The van der Waals surface area contributed by atoms with Gasteiger partial charge in [-0.2, -0.15) is 8.42 Å². The zero-order valence-corrected chi connectivity index (χ0v) is 23.6. The quantitative estimate of drug-likeness (QED) is 0.195. The number of hydrogen-bond acceptors (Lipinski definition) is 10. The Balaban J connectivity index is 1.37. The number of fused-ring (bicyclic) bond motifs is 5. The smallest absolute Gasteiger partial charge is 0.393 e. The molecule has 3 saturated carbocycles. The summed E-state index contributed by atoms with van der Waals surface area (Å²) in [4.78, 5) is 0. The molecule has 0 bridgehead atoms. The van der Waals surface area contributed by atoms with E-state index >= 15 is 0 Å². The largest absolute Gasteiger partial charge is 0.397 e. The van der Waals surface area contributed by atoms with E-state index in [1.165, 1.54) is 5.57 Å². The van der Waals surface area contributed by atoms with Gasteiger partial charge in [0, 0.05) is 5.92 Å². The van der Waals surface area contributed by atoms with Gasteiger partial charge in [0.15, 0.2) is 6.29 Å². The van der Waals surface area contributed by atoms with Crippen molar-refractivity contribution in [3.63, 3.8) is 0 Å². The molecule has 5 rings (SSSR count). The molecular weight excluding hydrogens is 532 g/mol. The summed E-state index contributed by atoms with van der Waals surface area (Å²) >= 11 is 0. The molecule has 0 unspecified atom stereocenters. The molecule has 39 heavy (non-hydrogen) atoms. The van der Waals surface area contributed by atoms with Crippen molar-refractivity contribution in [2.75, 3.05) is 6.61 Å². The Bertz CT molecular complexity index is 1050. The second-order valence-corrected chi connectivity index (χ2v) is 14.2. The van der Waals surface area contributed by atoms with Gasteiger partial charge in [-0.25, -0.2) is 4.18 Å². The maximum atomic E-state index is 11.0. The molecule has 0 radical (unpaired) electrons. The van der Waals surface area contributed by atoms with Crippen molar-refractivity contribution in [3.8, 4) is 0 Å². The van der Waals surface area contributed by atoms with Crippen LogP contribution in [0.2, 0.25) is 0 Å². The zero-order valence-electron chi connectivity index (χ0n) is 22.8. The maximum absolute atomic E-state index is 11.0. The molecule has 4 aliphatic carbocycles. The number of aliphatic hydroxyl groups is 5. The van der Waals surface area contributed by atoms with E-state index in [0.717, 1.165) is 38.5 Å². The average molecular weight is 577 g/mol. The van der Waals surface area contributed by atoms with E-state index in [2.05, 4.69) is 24.1 Å². The minimum absolute atomic E-state index is 0.0476. The van der Waals surface area contributed by atoms with Gasteiger partial charge < -0.3 is 35.0 Å². The Hall–Kier alpha value is -0.670. The Kier molecular flexibility index (Phi) is 8.07. The van der Waals surface area contributed by atoms with E-state index in [1.807, 2.05) is 0 Å². The minimum atomic E-state index is -4.82. The van der Waals surface area contributed by atoms with E-state index in [-0.39, 0.29) is 28.8 Å². The van der Waals surface area contributed by atoms with Crippen LogP contribution in [0.5, 0.6) is 0 Å². The molecule has 12 heteroatoms. The lowest BCUT2D eigenvalue weighted by atomic mass is 9.47. The highest BCUT2D eigenvalue weighted by atomic mass is 32.3. The van der Waals surface area contributed by atoms with Gasteiger partial charge in [0.25, 0.3) is 0 Å². The lowest BCUT2D eigenvalue weighted by Crippen LogP contribution is -2.60. The first kappa shape index (κ1) is 29.8. The van der Waals surface area contributed by atoms with Gasteiger partial charge in [-0.3, -0.25) is 4.55 Å². The van der Waals surface area contributed by atoms with Gasteiger partial charge >= 0.3 is 10.4 Å². The summed E-state index contributed by atoms with van der Waals surface area (Å²) in [5.41, 5.74) is 1.18. The highest BCUT2D eigenvalue weighted by Crippen LogP contribution is 2.67. The molecule has 0 aromatic rings. The Morgan fingerprint density at radius 2 is 1.79 bits per heavy atom. The van der Waals surface area contributed by atoms with E-state index < -0.39 is 59.9 Å². The normalized spacial score (nSPS) is 50.9. The molecule has 5 aliphatic rings. The number of ether oxygens (including phenoxy) is 2. The lowest BCUT2D eigenvalue weighted by molar-refractivity contribution is -0.315. The second-order valence-electron chi connectivity index (χ2n) is 13.1. The van der Waals surface area contributed by atoms with Gasteiger partial charge in [-0.05, 0) is 80.5 Å². The SMILES string of the molecule is C[C@H](O)[C@H]1[C@H](O[C@@H]2O[C@H](COS(=O)(=O)O)[C@@H](O)[C@H](O)[C@H]2O)C[C@H]2[C@@H]3CC=C4C[C@@H](O)CC[C@]4(C)[C@H]3CC[C@]12C. The van der Waals surface area contributed by atoms with Crippen molar-refractivity contribution >= 4 is 10.4 Å². The molecule has 0 aromatic carbocycles. The van der Waals surface area contributed by atoms with Gasteiger partial charge in [0.1, 0.15) is 24.4 Å². The van der Waals surface area contributed by atoms with Crippen LogP contribution in [-0.2, 0) is 24.1 Å². The summed E-state index contributed by atoms with van der Waals surface area (Å²) < 4.78 is 47.3. The molecule has 6 N–H and O–H groups in total. The summed E-state index contributed by atoms with van der Waals surface area (Å²) in [6.45, 7) is 5.51. The predicted octanol–water partition coefficient (Wildman–Crippen LogP) is 0.929. The van der Waals surface area contributed by atoms with Crippen LogP contribution in [0.4, 0.5) is 0 Å². The molecule has 14 atom stereocenters. The number of allylic oxidation sites excluding steroid dienone is 1. The van der Waals surface area contributed by atoms with Crippen LogP contribution >= 0.6 is 0 Å². The Morgan fingerprint density at radius 3 is 2.46 bits per heavy atom. The lowest BCUT2D eigenvalue weighted by Gasteiger charge is -2.58. The van der Waals surface area contributed by atoms with Crippen molar-refractivity contribution in [2.24, 2.45) is 34.5 Å². The number of rotatable bonds is 6. The fraction of sp³-hybridized carbons (Fsp3) is 0.926. The first-order valence-corrected chi connectivity index (χ1v) is 15.5. The van der Waals surface area contributed by atoms with Crippen LogP contribution in [0.25, 0.3) is 0 Å². The van der Waals surface area contributed by atoms with Crippen molar-refractivity contribution < 1.29 is 52.2 Å². The minimum Gasteiger partial charge on any atom is -0.393 e. The van der Waals surface area contributed by atoms with E-state index in [0.29, 0.717) is 18.3 Å². The van der Waals surface area contributed by atoms with E-state index in [1.54, 1.807) is 6.92 Å². The molecule has 0 aromatic heterocycles. The summed E-state index contributed by atoms with van der Waals surface area (Å²) in [7, 11) is -4.82. The third-order valence-electron chi connectivity index (χ3n) is 11.0. The molecule has 4 fully saturated rings. The van der Waals surface area contributed by atoms with Crippen molar-refractivity contribution in [1.82, 2.24) is 0 Å². The fourth-order valence-corrected chi connectivity index (χ4v) is 9.47. The number of hydrogen-bond donors (Lipinski definition) is 6. The van der Waals surface area contributed by atoms with Crippen LogP contribution in [0.1, 0.15) is 65.7 Å². The van der Waals surface area contributed by atoms with Crippen molar-refractivity contribution in [2.45, 2.75) is 115 Å². The standard InChI is InChI=1S/C27H44O11S/c1-13(28)21-19(37-25-24(32)23(31)22(30)20(38-25)12-36-39(33,34)35)11-18-16-5-4-14-10-15(29)6-8-26(14,2)17(16)7-9-27(18,21)3/h4,13,15-25,28-32H,5-12H2,1-3H3,(H,33,34,35)/t13-,15-,16+,17-,18-,19+,20+,21-,22+,23-,24+,25+,26-,27-/m0/s1. The highest BCUT2D eigenvalue weighted by Gasteiger charge is 2.63. The monoisotopic (exact) mass is 576 g/mol. The van der Waals surface area contributed by atoms with Crippen molar-refractivity contribution in [1.29, 1.82) is 0 Å². The fourth-order valence-electron chi connectivity index (χ4n) is 9.16. The molecule has 224 valence electrons. The van der Waals surface area contributed by atoms with Crippen LogP contribution < -0.4 is 0 Å². The molecule has 1 heterocycles.